The summed E-state index contributed by atoms with van der Waals surface area (Å²) in [5.41, 5.74) is 1.69. The van der Waals surface area contributed by atoms with Crippen molar-refractivity contribution in [2.75, 3.05) is 12.4 Å². The van der Waals surface area contributed by atoms with Crippen LogP contribution in [0.2, 0.25) is 0 Å². The first kappa shape index (κ1) is 13.1. The van der Waals surface area contributed by atoms with E-state index in [0.29, 0.717) is 11.3 Å². The van der Waals surface area contributed by atoms with Crippen LogP contribution in [0.15, 0.2) is 42.5 Å². The van der Waals surface area contributed by atoms with Gasteiger partial charge in [0, 0.05) is 17.3 Å². The van der Waals surface area contributed by atoms with Crippen LogP contribution in [0.25, 0.3) is 0 Å². The number of carbonyl (C=O) groups is 1. The molecule has 19 heavy (non-hydrogen) atoms. The lowest BCUT2D eigenvalue weighted by Gasteiger charge is -2.07. The van der Waals surface area contributed by atoms with Crippen LogP contribution in [0.5, 0.6) is 5.75 Å². The van der Waals surface area contributed by atoms with Gasteiger partial charge in [-0.2, -0.15) is 0 Å². The van der Waals surface area contributed by atoms with Crippen LogP contribution < -0.4 is 10.1 Å². The van der Waals surface area contributed by atoms with E-state index in [4.69, 9.17) is 4.74 Å². The van der Waals surface area contributed by atoms with Gasteiger partial charge in [-0.25, -0.2) is 4.39 Å². The summed E-state index contributed by atoms with van der Waals surface area (Å²) in [7, 11) is 1.39. The molecule has 0 fully saturated rings. The number of rotatable bonds is 3. The Bertz CT molecular complexity index is 594. The van der Waals surface area contributed by atoms with Crippen molar-refractivity contribution in [2.45, 2.75) is 0 Å². The Hall–Kier alpha value is -2.36. The van der Waals surface area contributed by atoms with E-state index in [-0.39, 0.29) is 11.7 Å². The van der Waals surface area contributed by atoms with Gasteiger partial charge in [0.15, 0.2) is 11.6 Å². The molecule has 1 amide bonds. The molecule has 0 aliphatic heterocycles. The topological polar surface area (TPSA) is 38.3 Å². The molecule has 0 aliphatic rings. The number of hydrogen-bond acceptors (Lipinski definition) is 2. The van der Waals surface area contributed by atoms with Crippen LogP contribution in [0.3, 0.4) is 0 Å². The zero-order valence-electron chi connectivity index (χ0n) is 10.4. The maximum absolute atomic E-state index is 13.5. The summed E-state index contributed by atoms with van der Waals surface area (Å²) < 4.78 is 18.3. The van der Waals surface area contributed by atoms with Gasteiger partial charge in [0.25, 0.3) is 5.91 Å². The second-order valence-corrected chi connectivity index (χ2v) is 4.00. The number of benzene rings is 2. The molecule has 0 heterocycles. The Kier molecular flexibility index (Phi) is 3.80. The molecule has 2 aromatic rings. The second kappa shape index (κ2) is 5.52. The first-order valence-electron chi connectivity index (χ1n) is 5.67. The Morgan fingerprint density at radius 1 is 1.21 bits per heavy atom. The number of methoxy groups -OCH3 is 1. The minimum atomic E-state index is -0.520. The van der Waals surface area contributed by atoms with E-state index < -0.39 is 5.82 Å². The average Bonchev–Trinajstić information content (AvgIpc) is 2.39. The average molecular weight is 258 g/mol. The van der Waals surface area contributed by atoms with Gasteiger partial charge < -0.3 is 10.1 Å². The van der Waals surface area contributed by atoms with E-state index in [1.807, 2.05) is 0 Å². The van der Waals surface area contributed by atoms with Crippen molar-refractivity contribution in [1.29, 1.82) is 0 Å². The summed E-state index contributed by atoms with van der Waals surface area (Å²) in [4.78, 5) is 11.9. The maximum Gasteiger partial charge on any atom is 0.255 e. The monoisotopic (exact) mass is 258 g/mol. The van der Waals surface area contributed by atoms with Gasteiger partial charge in [-0.15, -0.1) is 0 Å². The summed E-state index contributed by atoms with van der Waals surface area (Å²) in [6.45, 7) is 3.74. The van der Waals surface area contributed by atoms with E-state index in [9.17, 15) is 9.18 Å². The Labute approximate surface area is 111 Å². The van der Waals surface area contributed by atoms with Crippen molar-refractivity contribution in [1.82, 2.24) is 0 Å². The summed E-state index contributed by atoms with van der Waals surface area (Å²) in [6.07, 6.45) is 0. The molecule has 3 nitrogen and oxygen atoms in total. The van der Waals surface area contributed by atoms with Crippen molar-refractivity contribution in [3.63, 3.8) is 0 Å². The van der Waals surface area contributed by atoms with Crippen LogP contribution >= 0.6 is 0 Å². The third kappa shape index (κ3) is 3.10. The Morgan fingerprint density at radius 3 is 2.47 bits per heavy atom. The predicted octanol–water partition coefficient (Wildman–Crippen LogP) is 3.27. The summed E-state index contributed by atoms with van der Waals surface area (Å²) >= 11 is 0. The highest BCUT2D eigenvalue weighted by Crippen LogP contribution is 2.21. The zero-order chi connectivity index (χ0) is 13.8. The van der Waals surface area contributed by atoms with Crippen molar-refractivity contribution >= 4 is 11.6 Å². The number of amides is 1. The number of ether oxygens (including phenoxy) is 1. The summed E-state index contributed by atoms with van der Waals surface area (Å²) in [5.74, 6) is -0.683. The molecule has 1 N–H and O–H groups in total. The second-order valence-electron chi connectivity index (χ2n) is 4.00. The number of nitrogens with one attached hydrogen (secondary N) is 1. The van der Waals surface area contributed by atoms with Crippen LogP contribution in [-0.4, -0.2) is 13.0 Å². The molecule has 1 radical (unpaired) electrons. The maximum atomic E-state index is 13.5. The first-order chi connectivity index (χ1) is 9.10. The van der Waals surface area contributed by atoms with Gasteiger partial charge in [-0.1, -0.05) is 12.1 Å². The molecule has 0 bridgehead atoms. The molecular formula is C15H13FNO2. The molecule has 2 aromatic carbocycles. The fraction of sp³-hybridized carbons (Fsp3) is 0.0667. The molecule has 0 saturated carbocycles. The first-order valence-corrected chi connectivity index (χ1v) is 5.67. The fourth-order valence-electron chi connectivity index (χ4n) is 1.60. The lowest BCUT2D eigenvalue weighted by Crippen LogP contribution is -2.11. The van der Waals surface area contributed by atoms with Crippen LogP contribution in [0, 0.1) is 12.7 Å². The number of halogens is 1. The van der Waals surface area contributed by atoms with Gasteiger partial charge in [0.05, 0.1) is 7.11 Å². The molecule has 97 valence electrons. The van der Waals surface area contributed by atoms with E-state index in [1.165, 1.54) is 19.2 Å². The molecule has 0 saturated heterocycles. The minimum absolute atomic E-state index is 0.138. The highest BCUT2D eigenvalue weighted by molar-refractivity contribution is 6.04. The van der Waals surface area contributed by atoms with Gasteiger partial charge >= 0.3 is 0 Å². The largest absolute Gasteiger partial charge is 0.494 e. The molecule has 4 heteroatoms. The SMILES string of the molecule is [CH2]c1ccc(C(=O)Nc2ccc(OC)c(F)c2)cc1. The Balaban J connectivity index is 2.14. The quantitative estimate of drug-likeness (QED) is 0.917. The Morgan fingerprint density at radius 2 is 1.89 bits per heavy atom. The van der Waals surface area contributed by atoms with Crippen molar-refractivity contribution in [2.24, 2.45) is 0 Å². The van der Waals surface area contributed by atoms with E-state index >= 15 is 0 Å². The summed E-state index contributed by atoms with van der Waals surface area (Å²) in [5, 5.41) is 2.61. The van der Waals surface area contributed by atoms with Crippen molar-refractivity contribution < 1.29 is 13.9 Å². The van der Waals surface area contributed by atoms with Gasteiger partial charge in [-0.3, -0.25) is 4.79 Å². The van der Waals surface area contributed by atoms with Crippen LogP contribution in [0.4, 0.5) is 10.1 Å². The van der Waals surface area contributed by atoms with Gasteiger partial charge in [0.1, 0.15) is 0 Å². The summed E-state index contributed by atoms with van der Waals surface area (Å²) in [6, 6.07) is 11.1. The lowest BCUT2D eigenvalue weighted by molar-refractivity contribution is 0.102. The van der Waals surface area contributed by atoms with E-state index in [0.717, 1.165) is 5.56 Å². The third-order valence-electron chi connectivity index (χ3n) is 2.63. The van der Waals surface area contributed by atoms with E-state index in [1.54, 1.807) is 30.3 Å². The van der Waals surface area contributed by atoms with Gasteiger partial charge in [-0.05, 0) is 36.8 Å². The normalized spacial score (nSPS) is 10.1. The number of anilines is 1. The third-order valence-corrected chi connectivity index (χ3v) is 2.63. The number of hydrogen-bond donors (Lipinski definition) is 1. The molecule has 2 rings (SSSR count). The molecule has 0 atom stereocenters. The van der Waals surface area contributed by atoms with Crippen LogP contribution in [0.1, 0.15) is 15.9 Å². The highest BCUT2D eigenvalue weighted by Gasteiger charge is 2.08. The number of carbonyl (C=O) groups excluding carboxylic acids is 1. The standard InChI is InChI=1S/C15H13FNO2/c1-10-3-5-11(6-4-10)15(18)17-12-7-8-14(19-2)13(16)9-12/h3-9H,1H2,2H3,(H,17,18). The van der Waals surface area contributed by atoms with E-state index in [2.05, 4.69) is 12.2 Å². The van der Waals surface area contributed by atoms with Crippen LogP contribution in [-0.2, 0) is 0 Å². The molecule has 0 aromatic heterocycles. The smallest absolute Gasteiger partial charge is 0.255 e. The molecular weight excluding hydrogens is 245 g/mol. The lowest BCUT2D eigenvalue weighted by atomic mass is 10.1. The minimum Gasteiger partial charge on any atom is -0.494 e. The van der Waals surface area contributed by atoms with Crippen molar-refractivity contribution in [3.8, 4) is 5.75 Å². The molecule has 0 aliphatic carbocycles. The van der Waals surface area contributed by atoms with Gasteiger partial charge in [0.2, 0.25) is 0 Å². The highest BCUT2D eigenvalue weighted by atomic mass is 19.1. The predicted molar refractivity (Wildman–Crippen MR) is 71.8 cm³/mol. The zero-order valence-corrected chi connectivity index (χ0v) is 10.4. The molecule has 0 spiro atoms. The van der Waals surface area contributed by atoms with Crippen molar-refractivity contribution in [3.05, 3.63) is 66.3 Å². The molecule has 0 unspecified atom stereocenters. The fourth-order valence-corrected chi connectivity index (χ4v) is 1.60.